The molecule has 0 saturated heterocycles. The topological polar surface area (TPSA) is 38.3 Å². The molecule has 1 aromatic rings. The summed E-state index contributed by atoms with van der Waals surface area (Å²) in [6.07, 6.45) is 1.67. The van der Waals surface area contributed by atoms with Gasteiger partial charge in [0.05, 0.1) is 6.61 Å². The monoisotopic (exact) mass is 327 g/mol. The van der Waals surface area contributed by atoms with Gasteiger partial charge in [-0.05, 0) is 36.8 Å². The van der Waals surface area contributed by atoms with Crippen LogP contribution in [-0.4, -0.2) is 18.7 Å². The van der Waals surface area contributed by atoms with E-state index in [2.05, 4.69) is 10.1 Å². The molecule has 0 radical (unpaired) electrons. The minimum atomic E-state index is -4.31. The number of ether oxygens (including phenoxy) is 1. The minimum Gasteiger partial charge on any atom is -0.367 e. The first-order valence-electron chi connectivity index (χ1n) is 7.62. The predicted molar refractivity (Wildman–Crippen MR) is 80.6 cm³/mol. The normalized spacial score (nSPS) is 14.8. The first kappa shape index (κ1) is 17.5. The van der Waals surface area contributed by atoms with Gasteiger partial charge >= 0.3 is 6.18 Å². The van der Waals surface area contributed by atoms with Crippen molar-refractivity contribution in [2.45, 2.75) is 45.0 Å². The van der Waals surface area contributed by atoms with Crippen LogP contribution in [-0.2, 0) is 22.7 Å². The summed E-state index contributed by atoms with van der Waals surface area (Å²) in [6, 6.07) is 6.95. The molecule has 3 nitrogen and oxygen atoms in total. The summed E-state index contributed by atoms with van der Waals surface area (Å²) in [4.78, 5) is 11.8. The summed E-state index contributed by atoms with van der Waals surface area (Å²) in [7, 11) is 0. The van der Waals surface area contributed by atoms with E-state index in [-0.39, 0.29) is 12.5 Å². The SMILES string of the molecule is O=C(C=C1CCCC1)NCc1ccc(COCC(F)(F)F)cc1. The fourth-order valence-electron chi connectivity index (χ4n) is 2.44. The number of rotatable bonds is 6. The Kier molecular flexibility index (Phi) is 6.21. The third kappa shape index (κ3) is 6.86. The Morgan fingerprint density at radius 3 is 2.35 bits per heavy atom. The second-order valence-electron chi connectivity index (χ2n) is 5.65. The Morgan fingerprint density at radius 1 is 1.13 bits per heavy atom. The molecule has 1 aliphatic rings. The van der Waals surface area contributed by atoms with Crippen LogP contribution >= 0.6 is 0 Å². The van der Waals surface area contributed by atoms with Crippen molar-refractivity contribution in [3.05, 3.63) is 47.0 Å². The zero-order valence-electron chi connectivity index (χ0n) is 12.8. The number of halogens is 3. The molecule has 1 saturated carbocycles. The number of amides is 1. The van der Waals surface area contributed by atoms with E-state index in [0.717, 1.165) is 31.2 Å². The summed E-state index contributed by atoms with van der Waals surface area (Å²) >= 11 is 0. The molecule has 0 aromatic heterocycles. The van der Waals surface area contributed by atoms with Gasteiger partial charge < -0.3 is 10.1 Å². The van der Waals surface area contributed by atoms with E-state index in [9.17, 15) is 18.0 Å². The van der Waals surface area contributed by atoms with Gasteiger partial charge in [0.2, 0.25) is 5.91 Å². The zero-order valence-corrected chi connectivity index (χ0v) is 12.8. The fourth-order valence-corrected chi connectivity index (χ4v) is 2.44. The van der Waals surface area contributed by atoms with Crippen LogP contribution < -0.4 is 5.32 Å². The van der Waals surface area contributed by atoms with Crippen LogP contribution in [0.25, 0.3) is 0 Å². The Labute approximate surface area is 133 Å². The number of hydrogen-bond donors (Lipinski definition) is 1. The summed E-state index contributed by atoms with van der Waals surface area (Å²) in [5.41, 5.74) is 2.75. The smallest absolute Gasteiger partial charge is 0.367 e. The van der Waals surface area contributed by atoms with E-state index >= 15 is 0 Å². The van der Waals surface area contributed by atoms with Gasteiger partial charge in [-0.25, -0.2) is 0 Å². The maximum Gasteiger partial charge on any atom is 0.411 e. The lowest BCUT2D eigenvalue weighted by atomic mass is 10.1. The molecule has 0 unspecified atom stereocenters. The quantitative estimate of drug-likeness (QED) is 0.805. The molecule has 1 aromatic carbocycles. The molecular formula is C17H20F3NO2. The van der Waals surface area contributed by atoms with Crippen LogP contribution in [0.3, 0.4) is 0 Å². The van der Waals surface area contributed by atoms with Crippen molar-refractivity contribution >= 4 is 5.91 Å². The molecule has 6 heteroatoms. The molecule has 0 spiro atoms. The molecule has 0 atom stereocenters. The maximum atomic E-state index is 12.0. The van der Waals surface area contributed by atoms with Gasteiger partial charge in [0, 0.05) is 12.6 Å². The number of hydrogen-bond acceptors (Lipinski definition) is 2. The highest BCUT2D eigenvalue weighted by Gasteiger charge is 2.27. The van der Waals surface area contributed by atoms with Gasteiger partial charge in [0.1, 0.15) is 6.61 Å². The Hall–Kier alpha value is -1.82. The van der Waals surface area contributed by atoms with Gasteiger partial charge in [-0.3, -0.25) is 4.79 Å². The lowest BCUT2D eigenvalue weighted by Crippen LogP contribution is -2.20. The van der Waals surface area contributed by atoms with Crippen LogP contribution in [0.15, 0.2) is 35.9 Å². The molecule has 126 valence electrons. The minimum absolute atomic E-state index is 0.0851. The van der Waals surface area contributed by atoms with Crippen LogP contribution in [0.4, 0.5) is 13.2 Å². The second kappa shape index (κ2) is 8.15. The first-order chi connectivity index (χ1) is 10.9. The first-order valence-corrected chi connectivity index (χ1v) is 7.62. The number of carbonyl (C=O) groups excluding carboxylic acids is 1. The van der Waals surface area contributed by atoms with Gasteiger partial charge in [-0.2, -0.15) is 13.2 Å². The van der Waals surface area contributed by atoms with Gasteiger partial charge in [-0.15, -0.1) is 0 Å². The molecule has 0 aliphatic heterocycles. The van der Waals surface area contributed by atoms with Crippen LogP contribution in [0.5, 0.6) is 0 Å². The van der Waals surface area contributed by atoms with Crippen molar-refractivity contribution in [3.8, 4) is 0 Å². The molecule has 0 heterocycles. The average molecular weight is 327 g/mol. The maximum absolute atomic E-state index is 12.0. The Morgan fingerprint density at radius 2 is 1.74 bits per heavy atom. The number of nitrogens with one attached hydrogen (secondary N) is 1. The molecule has 2 rings (SSSR count). The van der Waals surface area contributed by atoms with E-state index < -0.39 is 12.8 Å². The average Bonchev–Trinajstić information content (AvgIpc) is 2.98. The van der Waals surface area contributed by atoms with Gasteiger partial charge in [-0.1, -0.05) is 29.8 Å². The summed E-state index contributed by atoms with van der Waals surface area (Å²) in [6.45, 7) is -0.940. The van der Waals surface area contributed by atoms with Gasteiger partial charge in [0.25, 0.3) is 0 Å². The van der Waals surface area contributed by atoms with E-state index in [4.69, 9.17) is 0 Å². The van der Waals surface area contributed by atoms with Crippen molar-refractivity contribution in [2.75, 3.05) is 6.61 Å². The van der Waals surface area contributed by atoms with Gasteiger partial charge in [0.15, 0.2) is 0 Å². The highest BCUT2D eigenvalue weighted by Crippen LogP contribution is 2.23. The largest absolute Gasteiger partial charge is 0.411 e. The molecule has 1 fully saturated rings. The van der Waals surface area contributed by atoms with E-state index in [1.807, 2.05) is 0 Å². The second-order valence-corrected chi connectivity index (χ2v) is 5.65. The molecule has 0 bridgehead atoms. The number of benzene rings is 1. The highest BCUT2D eigenvalue weighted by molar-refractivity contribution is 5.88. The van der Waals surface area contributed by atoms with Crippen molar-refractivity contribution < 1.29 is 22.7 Å². The molecule has 1 aliphatic carbocycles. The number of alkyl halides is 3. The van der Waals surface area contributed by atoms with E-state index in [1.54, 1.807) is 30.3 Å². The molecule has 1 N–H and O–H groups in total. The van der Waals surface area contributed by atoms with Crippen molar-refractivity contribution in [2.24, 2.45) is 0 Å². The number of allylic oxidation sites excluding steroid dienone is 1. The highest BCUT2D eigenvalue weighted by atomic mass is 19.4. The predicted octanol–water partition coefficient (Wildman–Crippen LogP) is 3.88. The third-order valence-corrected chi connectivity index (χ3v) is 3.61. The van der Waals surface area contributed by atoms with Crippen molar-refractivity contribution in [1.29, 1.82) is 0 Å². The lowest BCUT2D eigenvalue weighted by Gasteiger charge is -2.08. The fraction of sp³-hybridized carbons (Fsp3) is 0.471. The van der Waals surface area contributed by atoms with E-state index in [1.165, 1.54) is 5.57 Å². The summed E-state index contributed by atoms with van der Waals surface area (Å²) in [5, 5.41) is 2.81. The standard InChI is InChI=1S/C17H20F3NO2/c18-17(19,20)12-23-11-15-7-5-14(6-8-15)10-21-16(22)9-13-3-1-2-4-13/h5-9H,1-4,10-12H2,(H,21,22). The summed E-state index contributed by atoms with van der Waals surface area (Å²) < 4.78 is 40.5. The molecule has 23 heavy (non-hydrogen) atoms. The van der Waals surface area contributed by atoms with Crippen molar-refractivity contribution in [3.63, 3.8) is 0 Å². The van der Waals surface area contributed by atoms with Crippen LogP contribution in [0, 0.1) is 0 Å². The summed E-state index contributed by atoms with van der Waals surface area (Å²) in [5.74, 6) is -0.0977. The third-order valence-electron chi connectivity index (χ3n) is 3.61. The van der Waals surface area contributed by atoms with Crippen LogP contribution in [0.1, 0.15) is 36.8 Å². The van der Waals surface area contributed by atoms with Crippen molar-refractivity contribution in [1.82, 2.24) is 5.32 Å². The number of carbonyl (C=O) groups is 1. The molecular weight excluding hydrogens is 307 g/mol. The van der Waals surface area contributed by atoms with Crippen LogP contribution in [0.2, 0.25) is 0 Å². The Balaban J connectivity index is 1.74. The molecule has 1 amide bonds. The van der Waals surface area contributed by atoms with E-state index in [0.29, 0.717) is 12.1 Å². The lowest BCUT2D eigenvalue weighted by molar-refractivity contribution is -0.176. The Bertz CT molecular complexity index is 542. The zero-order chi connectivity index (χ0) is 16.7.